The van der Waals surface area contributed by atoms with Crippen LogP contribution in [0.15, 0.2) is 12.1 Å². The number of aliphatic hydroxyl groups excluding tert-OH is 1. The van der Waals surface area contributed by atoms with Gasteiger partial charge in [0.2, 0.25) is 11.8 Å². The summed E-state index contributed by atoms with van der Waals surface area (Å²) in [4.78, 5) is 3.64. The molecule has 1 N–H and O–H groups in total. The first-order chi connectivity index (χ1) is 7.40. The molecule has 0 aliphatic rings. The fraction of sp³-hybridized carbons (Fsp3) is 0.444. The molecule has 0 aliphatic heterocycles. The standard InChI is InChI=1S/C9H10F3NO3/c1-15-6-4-3-5(8(13-6)16-2)7(14)9(10,11)12/h3-4,7,14H,1-2H3. The molecule has 90 valence electrons. The van der Waals surface area contributed by atoms with Crippen molar-refractivity contribution in [1.82, 2.24) is 4.98 Å². The second-order valence-electron chi connectivity index (χ2n) is 2.90. The molecule has 0 fully saturated rings. The molecule has 0 saturated heterocycles. The molecule has 1 aromatic rings. The average Bonchev–Trinajstić information content (AvgIpc) is 2.26. The van der Waals surface area contributed by atoms with Gasteiger partial charge in [0.25, 0.3) is 0 Å². The van der Waals surface area contributed by atoms with Crippen molar-refractivity contribution in [1.29, 1.82) is 0 Å². The summed E-state index contributed by atoms with van der Waals surface area (Å²) in [5, 5.41) is 9.05. The van der Waals surface area contributed by atoms with Crippen LogP contribution in [-0.2, 0) is 0 Å². The second kappa shape index (κ2) is 4.56. The van der Waals surface area contributed by atoms with Crippen LogP contribution in [0.4, 0.5) is 13.2 Å². The monoisotopic (exact) mass is 237 g/mol. The largest absolute Gasteiger partial charge is 0.481 e. The third-order valence-corrected chi connectivity index (χ3v) is 1.87. The Hall–Kier alpha value is -1.50. The number of aliphatic hydroxyl groups is 1. The molecule has 4 nitrogen and oxygen atoms in total. The number of hydrogen-bond acceptors (Lipinski definition) is 4. The Morgan fingerprint density at radius 2 is 1.88 bits per heavy atom. The Morgan fingerprint density at radius 3 is 2.31 bits per heavy atom. The first-order valence-corrected chi connectivity index (χ1v) is 4.24. The molecule has 7 heteroatoms. The number of methoxy groups -OCH3 is 2. The number of nitrogens with zero attached hydrogens (tertiary/aromatic N) is 1. The van der Waals surface area contributed by atoms with E-state index in [0.29, 0.717) is 0 Å². The van der Waals surface area contributed by atoms with Crippen LogP contribution in [0.3, 0.4) is 0 Å². The molecule has 1 atom stereocenters. The van der Waals surface area contributed by atoms with Crippen LogP contribution in [0.25, 0.3) is 0 Å². The summed E-state index contributed by atoms with van der Waals surface area (Å²) in [6.45, 7) is 0. The number of alkyl halides is 3. The Balaban J connectivity index is 3.14. The van der Waals surface area contributed by atoms with E-state index in [2.05, 4.69) is 9.72 Å². The minimum Gasteiger partial charge on any atom is -0.481 e. The lowest BCUT2D eigenvalue weighted by molar-refractivity contribution is -0.207. The highest BCUT2D eigenvalue weighted by molar-refractivity contribution is 5.33. The highest BCUT2D eigenvalue weighted by Crippen LogP contribution is 2.36. The van der Waals surface area contributed by atoms with E-state index in [1.54, 1.807) is 0 Å². The Bertz CT molecular complexity index is 368. The zero-order chi connectivity index (χ0) is 12.3. The van der Waals surface area contributed by atoms with E-state index in [0.717, 1.165) is 13.2 Å². The summed E-state index contributed by atoms with van der Waals surface area (Å²) in [6.07, 6.45) is -7.38. The van der Waals surface area contributed by atoms with Gasteiger partial charge in [-0.3, -0.25) is 0 Å². The van der Waals surface area contributed by atoms with E-state index in [1.807, 2.05) is 0 Å². The minimum absolute atomic E-state index is 0.106. The average molecular weight is 237 g/mol. The van der Waals surface area contributed by atoms with Crippen molar-refractivity contribution in [2.75, 3.05) is 14.2 Å². The normalized spacial score (nSPS) is 13.4. The van der Waals surface area contributed by atoms with Crippen LogP contribution in [0.2, 0.25) is 0 Å². The lowest BCUT2D eigenvalue weighted by Crippen LogP contribution is -2.21. The summed E-state index contributed by atoms with van der Waals surface area (Å²) in [6, 6.07) is 2.27. The molecule has 0 radical (unpaired) electrons. The van der Waals surface area contributed by atoms with Gasteiger partial charge in [0.1, 0.15) is 0 Å². The maximum absolute atomic E-state index is 12.3. The van der Waals surface area contributed by atoms with E-state index in [4.69, 9.17) is 9.84 Å². The van der Waals surface area contributed by atoms with E-state index in [9.17, 15) is 13.2 Å². The molecule has 1 rings (SSSR count). The van der Waals surface area contributed by atoms with Crippen LogP contribution in [0, 0.1) is 0 Å². The number of pyridine rings is 1. The van der Waals surface area contributed by atoms with Gasteiger partial charge in [-0.15, -0.1) is 0 Å². The van der Waals surface area contributed by atoms with Gasteiger partial charge in [0, 0.05) is 6.07 Å². The van der Waals surface area contributed by atoms with Crippen molar-refractivity contribution in [3.8, 4) is 11.8 Å². The molecule has 0 spiro atoms. The predicted octanol–water partition coefficient (Wildman–Crippen LogP) is 1.69. The zero-order valence-electron chi connectivity index (χ0n) is 8.58. The first-order valence-electron chi connectivity index (χ1n) is 4.24. The molecule has 0 amide bonds. The van der Waals surface area contributed by atoms with Gasteiger partial charge in [-0.25, -0.2) is 0 Å². The highest BCUT2D eigenvalue weighted by atomic mass is 19.4. The van der Waals surface area contributed by atoms with E-state index in [1.165, 1.54) is 13.2 Å². The Morgan fingerprint density at radius 1 is 1.25 bits per heavy atom. The van der Waals surface area contributed by atoms with Crippen LogP contribution in [-0.4, -0.2) is 30.5 Å². The molecule has 1 heterocycles. The highest BCUT2D eigenvalue weighted by Gasteiger charge is 2.41. The summed E-state index contributed by atoms with van der Waals surface area (Å²) >= 11 is 0. The van der Waals surface area contributed by atoms with Gasteiger partial charge in [-0.2, -0.15) is 18.2 Å². The third-order valence-electron chi connectivity index (χ3n) is 1.87. The lowest BCUT2D eigenvalue weighted by atomic mass is 10.1. The molecular weight excluding hydrogens is 227 g/mol. The van der Waals surface area contributed by atoms with Crippen LogP contribution in [0.5, 0.6) is 11.8 Å². The van der Waals surface area contributed by atoms with Gasteiger partial charge in [-0.05, 0) is 6.07 Å². The minimum atomic E-state index is -4.76. The van der Waals surface area contributed by atoms with Crippen LogP contribution < -0.4 is 9.47 Å². The van der Waals surface area contributed by atoms with E-state index in [-0.39, 0.29) is 11.8 Å². The molecule has 16 heavy (non-hydrogen) atoms. The summed E-state index contributed by atoms with van der Waals surface area (Å²) in [7, 11) is 2.48. The number of hydrogen-bond donors (Lipinski definition) is 1. The van der Waals surface area contributed by atoms with Crippen molar-refractivity contribution in [3.63, 3.8) is 0 Å². The second-order valence-corrected chi connectivity index (χ2v) is 2.90. The molecule has 0 aromatic carbocycles. The number of ether oxygens (including phenoxy) is 2. The number of rotatable bonds is 3. The zero-order valence-corrected chi connectivity index (χ0v) is 8.58. The third kappa shape index (κ3) is 2.54. The molecule has 1 aromatic heterocycles. The van der Waals surface area contributed by atoms with Crippen molar-refractivity contribution in [2.24, 2.45) is 0 Å². The van der Waals surface area contributed by atoms with E-state index >= 15 is 0 Å². The maximum Gasteiger partial charge on any atom is 0.418 e. The molecule has 1 unspecified atom stereocenters. The SMILES string of the molecule is COc1ccc(C(O)C(F)(F)F)c(OC)n1. The summed E-state index contributed by atoms with van der Waals surface area (Å²) < 4.78 is 46.2. The quantitative estimate of drug-likeness (QED) is 0.869. The molecular formula is C9H10F3NO3. The van der Waals surface area contributed by atoms with Crippen molar-refractivity contribution >= 4 is 0 Å². The van der Waals surface area contributed by atoms with Crippen LogP contribution >= 0.6 is 0 Å². The predicted molar refractivity (Wildman–Crippen MR) is 48.4 cm³/mol. The topological polar surface area (TPSA) is 51.6 Å². The van der Waals surface area contributed by atoms with Crippen molar-refractivity contribution < 1.29 is 27.8 Å². The molecule has 0 aliphatic carbocycles. The van der Waals surface area contributed by atoms with E-state index < -0.39 is 17.8 Å². The number of halogens is 3. The van der Waals surface area contributed by atoms with Gasteiger partial charge in [-0.1, -0.05) is 0 Å². The Labute approximate surface area is 89.6 Å². The van der Waals surface area contributed by atoms with Gasteiger partial charge in [0.15, 0.2) is 6.10 Å². The van der Waals surface area contributed by atoms with Crippen LogP contribution in [0.1, 0.15) is 11.7 Å². The van der Waals surface area contributed by atoms with Gasteiger partial charge < -0.3 is 14.6 Å². The van der Waals surface area contributed by atoms with Crippen molar-refractivity contribution in [3.05, 3.63) is 17.7 Å². The lowest BCUT2D eigenvalue weighted by Gasteiger charge is -2.17. The number of aromatic nitrogens is 1. The fourth-order valence-corrected chi connectivity index (χ4v) is 1.10. The smallest absolute Gasteiger partial charge is 0.418 e. The first kappa shape index (κ1) is 12.6. The maximum atomic E-state index is 12.3. The fourth-order valence-electron chi connectivity index (χ4n) is 1.10. The Kier molecular flexibility index (Phi) is 3.58. The molecule has 0 saturated carbocycles. The van der Waals surface area contributed by atoms with Crippen molar-refractivity contribution in [2.45, 2.75) is 12.3 Å². The van der Waals surface area contributed by atoms with Gasteiger partial charge >= 0.3 is 6.18 Å². The van der Waals surface area contributed by atoms with Gasteiger partial charge in [0.05, 0.1) is 19.8 Å². The molecule has 0 bridgehead atoms. The summed E-state index contributed by atoms with van der Waals surface area (Å²) in [5.41, 5.74) is -0.448. The summed E-state index contributed by atoms with van der Waals surface area (Å²) in [5.74, 6) is -0.209.